The minimum absolute atomic E-state index is 0.104. The lowest BCUT2D eigenvalue weighted by molar-refractivity contribution is -0.142. The van der Waals surface area contributed by atoms with Gasteiger partial charge in [0, 0.05) is 61.5 Å². The van der Waals surface area contributed by atoms with Gasteiger partial charge in [-0.1, -0.05) is 86.9 Å². The molecule has 0 saturated heterocycles. The topological polar surface area (TPSA) is 197 Å². The highest BCUT2D eigenvalue weighted by Gasteiger charge is 2.36. The average molecular weight is 870 g/mol. The Bertz CT molecular complexity index is 2280. The first-order valence-corrected chi connectivity index (χ1v) is 22.3. The summed E-state index contributed by atoms with van der Waals surface area (Å²) in [5.74, 6) is -0.323. The molecule has 1 aliphatic heterocycles. The first-order chi connectivity index (χ1) is 30.9. The number of unbranched alkanes of at least 4 members (excludes halogenated alkanes) is 1. The molecule has 0 fully saturated rings. The Balaban J connectivity index is 1.54. The molecule has 4 bridgehead atoms. The molecule has 338 valence electrons. The van der Waals surface area contributed by atoms with Crippen LogP contribution < -0.4 is 32.0 Å². The normalized spacial score (nSPS) is 16.7. The molecule has 12 heteroatoms. The molecule has 12 nitrogen and oxygen atoms in total. The van der Waals surface area contributed by atoms with Gasteiger partial charge >= 0.3 is 0 Å². The van der Waals surface area contributed by atoms with E-state index in [4.69, 9.17) is 33.1 Å². The molecule has 5 rings (SSSR count). The zero-order valence-corrected chi connectivity index (χ0v) is 37.4. The van der Waals surface area contributed by atoms with Gasteiger partial charge in [-0.2, -0.15) is 0 Å². The Morgan fingerprint density at radius 3 is 2.06 bits per heavy atom. The van der Waals surface area contributed by atoms with Crippen LogP contribution in [0.15, 0.2) is 84.9 Å². The van der Waals surface area contributed by atoms with Crippen LogP contribution in [-0.4, -0.2) is 80.0 Å². The minimum atomic E-state index is -1.19. The lowest BCUT2D eigenvalue weighted by atomic mass is 9.88. The number of rotatable bonds is 20. The van der Waals surface area contributed by atoms with Crippen LogP contribution in [0.4, 0.5) is 0 Å². The molecule has 2 amide bonds. The molecule has 4 atom stereocenters. The summed E-state index contributed by atoms with van der Waals surface area (Å²) in [6, 6.07) is 24.3. The number of fused-ring (bicyclic) bond motifs is 5. The number of hydrogen-bond donors (Lipinski definition) is 4. The second-order valence-corrected chi connectivity index (χ2v) is 16.5. The molecule has 1 aliphatic rings. The van der Waals surface area contributed by atoms with E-state index in [2.05, 4.69) is 42.4 Å². The summed E-state index contributed by atoms with van der Waals surface area (Å²) in [7, 11) is 1.55. The number of hydrogen-bond acceptors (Lipinski definition) is 10. The SMILES string of the molecule is C#CCC(=O)[C@@H]1Cc2ccc(OCCN)c(c2)-c2cc(ccc2OCCN)[C@H](N(C)C(=O)[C@H](CCCN)CC(=O)c2ccc(-c3ccc(CCCC)cc3)cc2)C(=O)C[C@@H](C)C(=O)N1. The maximum Gasteiger partial charge on any atom is 0.226 e. The van der Waals surface area contributed by atoms with Crippen LogP contribution in [0.3, 0.4) is 0 Å². The molecular formula is C52H63N5O7. The number of nitrogens with one attached hydrogen (secondary N) is 1. The van der Waals surface area contributed by atoms with Gasteiger partial charge in [0.1, 0.15) is 30.8 Å². The second kappa shape index (κ2) is 24.1. The highest BCUT2D eigenvalue weighted by atomic mass is 16.5. The molecular weight excluding hydrogens is 807 g/mol. The van der Waals surface area contributed by atoms with Crippen molar-refractivity contribution in [1.82, 2.24) is 10.2 Å². The van der Waals surface area contributed by atoms with Crippen molar-refractivity contribution in [2.75, 3.05) is 39.9 Å². The largest absolute Gasteiger partial charge is 0.492 e. The number of benzene rings is 4. The summed E-state index contributed by atoms with van der Waals surface area (Å²) in [6.07, 6.45) is 9.16. The number of Topliss-reactive ketones (excluding diaryl/α,β-unsaturated/α-hetero) is 3. The molecule has 4 aromatic rings. The lowest BCUT2D eigenvalue weighted by Gasteiger charge is -2.32. The van der Waals surface area contributed by atoms with Crippen molar-refractivity contribution in [3.05, 3.63) is 107 Å². The first kappa shape index (κ1) is 48.9. The summed E-state index contributed by atoms with van der Waals surface area (Å²) in [5.41, 5.74) is 23.7. The number of nitrogens with zero attached hydrogens (tertiary/aromatic N) is 1. The van der Waals surface area contributed by atoms with E-state index in [9.17, 15) is 24.0 Å². The third kappa shape index (κ3) is 12.7. The number of ketones is 3. The lowest BCUT2D eigenvalue weighted by Crippen LogP contribution is -2.45. The van der Waals surface area contributed by atoms with Crippen LogP contribution in [0.2, 0.25) is 0 Å². The zero-order valence-electron chi connectivity index (χ0n) is 37.4. The van der Waals surface area contributed by atoms with Gasteiger partial charge in [-0.3, -0.25) is 24.0 Å². The van der Waals surface area contributed by atoms with Gasteiger partial charge in [0.25, 0.3) is 0 Å². The summed E-state index contributed by atoms with van der Waals surface area (Å²) < 4.78 is 12.3. The minimum Gasteiger partial charge on any atom is -0.492 e. The molecule has 64 heavy (non-hydrogen) atoms. The van der Waals surface area contributed by atoms with E-state index in [-0.39, 0.29) is 63.6 Å². The van der Waals surface area contributed by atoms with Crippen molar-refractivity contribution >= 4 is 29.2 Å². The van der Waals surface area contributed by atoms with Gasteiger partial charge < -0.3 is 36.9 Å². The van der Waals surface area contributed by atoms with Gasteiger partial charge in [0.15, 0.2) is 17.3 Å². The van der Waals surface area contributed by atoms with Gasteiger partial charge in [-0.15, -0.1) is 6.42 Å². The maximum absolute atomic E-state index is 14.8. The fourth-order valence-electron chi connectivity index (χ4n) is 8.11. The Hall–Kier alpha value is -6.13. The summed E-state index contributed by atoms with van der Waals surface area (Å²) >= 11 is 0. The quantitative estimate of drug-likeness (QED) is 0.0570. The number of likely N-dealkylation sites (N-methyl/N-ethyl adjacent to an activating group) is 1. The van der Waals surface area contributed by atoms with E-state index in [1.54, 1.807) is 56.4 Å². The van der Waals surface area contributed by atoms with E-state index >= 15 is 0 Å². The van der Waals surface area contributed by atoms with Crippen LogP contribution in [0.5, 0.6) is 11.5 Å². The zero-order chi connectivity index (χ0) is 46.2. The Labute approximate surface area is 377 Å². The number of aryl methyl sites for hydroxylation is 1. The van der Waals surface area contributed by atoms with Crippen molar-refractivity contribution < 1.29 is 33.4 Å². The van der Waals surface area contributed by atoms with Crippen molar-refractivity contribution in [2.45, 2.75) is 83.7 Å². The smallest absolute Gasteiger partial charge is 0.226 e. The number of terminal acetylenes is 1. The van der Waals surface area contributed by atoms with Gasteiger partial charge in [-0.25, -0.2) is 0 Å². The molecule has 0 spiro atoms. The van der Waals surface area contributed by atoms with Gasteiger partial charge in [0.05, 0.1) is 12.5 Å². The highest BCUT2D eigenvalue weighted by Crippen LogP contribution is 2.41. The molecule has 0 unspecified atom stereocenters. The second-order valence-electron chi connectivity index (χ2n) is 16.5. The van der Waals surface area contributed by atoms with Crippen molar-refractivity contribution in [2.24, 2.45) is 29.0 Å². The van der Waals surface area contributed by atoms with E-state index in [1.807, 2.05) is 18.2 Å². The highest BCUT2D eigenvalue weighted by molar-refractivity contribution is 6.00. The molecule has 0 aliphatic carbocycles. The molecule has 0 saturated carbocycles. The number of nitrogens with two attached hydrogens (primary N) is 3. The molecule has 0 radical (unpaired) electrons. The van der Waals surface area contributed by atoms with Crippen molar-refractivity contribution in [3.8, 4) is 46.1 Å². The summed E-state index contributed by atoms with van der Waals surface area (Å²) in [6.45, 7) is 4.93. The Kier molecular flexibility index (Phi) is 18.4. The van der Waals surface area contributed by atoms with E-state index in [0.29, 0.717) is 58.7 Å². The maximum atomic E-state index is 14.8. The van der Waals surface area contributed by atoms with E-state index in [0.717, 1.165) is 30.4 Å². The Morgan fingerprint density at radius 2 is 1.45 bits per heavy atom. The van der Waals surface area contributed by atoms with Crippen LogP contribution in [0.25, 0.3) is 22.3 Å². The fourth-order valence-corrected chi connectivity index (χ4v) is 8.11. The number of ether oxygens (including phenoxy) is 2. The van der Waals surface area contributed by atoms with Crippen LogP contribution in [0.1, 0.15) is 91.9 Å². The van der Waals surface area contributed by atoms with Crippen molar-refractivity contribution in [1.29, 1.82) is 0 Å². The van der Waals surface area contributed by atoms with Crippen LogP contribution >= 0.6 is 0 Å². The monoisotopic (exact) mass is 869 g/mol. The van der Waals surface area contributed by atoms with E-state index < -0.39 is 41.5 Å². The van der Waals surface area contributed by atoms with Crippen molar-refractivity contribution in [3.63, 3.8) is 0 Å². The summed E-state index contributed by atoms with van der Waals surface area (Å²) in [5, 5.41) is 2.84. The summed E-state index contributed by atoms with van der Waals surface area (Å²) in [4.78, 5) is 71.9. The van der Waals surface area contributed by atoms with Gasteiger partial charge in [0.2, 0.25) is 11.8 Å². The molecule has 4 aromatic carbocycles. The third-order valence-corrected chi connectivity index (χ3v) is 11.7. The fraction of sp³-hybridized carbons (Fsp3) is 0.404. The average Bonchev–Trinajstić information content (AvgIpc) is 3.30. The first-order valence-electron chi connectivity index (χ1n) is 22.3. The number of carbonyl (C=O) groups is 5. The standard InChI is InChI=1S/C52H63N5O7/c1-5-7-10-35-12-15-37(16-13-35)38-17-19-39(20-18-38)46(59)33-41(11-8-24-53)52(62)57(4)50-40-21-23-49(64-28-26-55)43(32-40)42-30-36(14-22-48(42)63-27-25-54)31-44(45(58)9-6-2)56-51(61)34(3)29-47(50)60/h2,12-23,30,32,34,41,44,50H,5,7-11,24-29,31,33,53-55H2,1,3-4H3,(H,56,61)/t34-,41-,44+,50+/m1/s1. The predicted octanol–water partition coefficient (Wildman–Crippen LogP) is 6.39. The van der Waals surface area contributed by atoms with Crippen LogP contribution in [0, 0.1) is 24.2 Å². The van der Waals surface area contributed by atoms with E-state index in [1.165, 1.54) is 10.5 Å². The predicted molar refractivity (Wildman–Crippen MR) is 251 cm³/mol. The van der Waals surface area contributed by atoms with Gasteiger partial charge in [-0.05, 0) is 90.7 Å². The Morgan fingerprint density at radius 1 is 0.828 bits per heavy atom. The third-order valence-electron chi connectivity index (χ3n) is 11.7. The number of carbonyl (C=O) groups excluding carboxylic acids is 5. The van der Waals surface area contributed by atoms with Crippen LogP contribution in [-0.2, 0) is 32.0 Å². The molecule has 1 heterocycles. The number of amides is 2. The molecule has 0 aromatic heterocycles. The molecule has 7 N–H and O–H groups in total.